The Labute approximate surface area is 202 Å². The average molecular weight is 485 g/mol. The highest BCUT2D eigenvalue weighted by Gasteiger charge is 2.15. The molecule has 7 nitrogen and oxygen atoms in total. The summed E-state index contributed by atoms with van der Waals surface area (Å²) in [5.74, 6) is 0.821. The van der Waals surface area contributed by atoms with Crippen LogP contribution in [-0.4, -0.2) is 35.4 Å². The number of hydrogen-bond acceptors (Lipinski definition) is 6. The van der Waals surface area contributed by atoms with Crippen molar-refractivity contribution in [1.82, 2.24) is 20.6 Å². The summed E-state index contributed by atoms with van der Waals surface area (Å²) in [7, 11) is 1.60. The summed E-state index contributed by atoms with van der Waals surface area (Å²) in [6, 6.07) is 15.6. The first-order valence-electron chi connectivity index (χ1n) is 10.3. The second kappa shape index (κ2) is 12.2. The summed E-state index contributed by atoms with van der Waals surface area (Å²) in [6.45, 7) is 2.60. The van der Waals surface area contributed by atoms with E-state index in [1.54, 1.807) is 7.11 Å². The van der Waals surface area contributed by atoms with Crippen molar-refractivity contribution in [3.63, 3.8) is 0 Å². The summed E-state index contributed by atoms with van der Waals surface area (Å²) in [5, 5.41) is 6.13. The van der Waals surface area contributed by atoms with E-state index >= 15 is 0 Å². The molecule has 0 radical (unpaired) electrons. The van der Waals surface area contributed by atoms with Gasteiger partial charge in [-0.1, -0.05) is 65.3 Å². The molecule has 3 rings (SSSR count). The average Bonchev–Trinajstić information content (AvgIpc) is 2.83. The van der Waals surface area contributed by atoms with E-state index in [1.807, 2.05) is 55.5 Å². The molecule has 0 saturated heterocycles. The van der Waals surface area contributed by atoms with E-state index in [2.05, 4.69) is 20.6 Å². The fourth-order valence-corrected chi connectivity index (χ4v) is 3.77. The molecule has 0 aliphatic heterocycles. The molecular weight excluding hydrogens is 460 g/mol. The van der Waals surface area contributed by atoms with Gasteiger partial charge in [-0.05, 0) is 30.2 Å². The van der Waals surface area contributed by atoms with Gasteiger partial charge in [-0.3, -0.25) is 9.59 Å². The van der Waals surface area contributed by atoms with Crippen molar-refractivity contribution in [2.45, 2.75) is 30.8 Å². The number of carbonyl (C=O) groups excluding carboxylic acids is 2. The van der Waals surface area contributed by atoms with Crippen molar-refractivity contribution in [2.24, 2.45) is 0 Å². The van der Waals surface area contributed by atoms with Crippen LogP contribution in [0.25, 0.3) is 0 Å². The normalized spacial score (nSPS) is 10.5. The van der Waals surface area contributed by atoms with Crippen molar-refractivity contribution >= 4 is 35.2 Å². The molecule has 0 aliphatic rings. The number of aryl methyl sites for hydroxylation is 1. The zero-order valence-electron chi connectivity index (χ0n) is 18.4. The van der Waals surface area contributed by atoms with Crippen LogP contribution in [0.3, 0.4) is 0 Å². The van der Waals surface area contributed by atoms with Gasteiger partial charge in [0.05, 0.1) is 18.3 Å². The lowest BCUT2D eigenvalue weighted by atomic mass is 10.2. The van der Waals surface area contributed by atoms with E-state index in [-0.39, 0.29) is 29.6 Å². The zero-order valence-corrected chi connectivity index (χ0v) is 20.0. The topological polar surface area (TPSA) is 93.2 Å². The monoisotopic (exact) mass is 484 g/mol. The van der Waals surface area contributed by atoms with E-state index in [0.29, 0.717) is 17.5 Å². The number of amides is 2. The summed E-state index contributed by atoms with van der Waals surface area (Å²) in [6.07, 6.45) is 1.56. The number of rotatable bonds is 10. The fraction of sp³-hybridized carbons (Fsp3) is 0.250. The Balaban J connectivity index is 1.45. The molecule has 0 unspecified atom stereocenters. The Morgan fingerprint density at radius 3 is 2.42 bits per heavy atom. The Bertz CT molecular complexity index is 1090. The summed E-state index contributed by atoms with van der Waals surface area (Å²) in [5.41, 5.74) is 3.38. The first-order valence-corrected chi connectivity index (χ1v) is 11.7. The lowest BCUT2D eigenvalue weighted by Gasteiger charge is -2.09. The number of nitrogens with one attached hydrogen (secondary N) is 2. The number of methoxy groups -OCH3 is 1. The lowest BCUT2D eigenvalue weighted by molar-refractivity contribution is -0.121. The van der Waals surface area contributed by atoms with Crippen LogP contribution in [-0.2, 0) is 17.1 Å². The van der Waals surface area contributed by atoms with Gasteiger partial charge in [0.2, 0.25) is 5.91 Å². The standard InChI is InChI=1S/C24H25ClN4O3S/c1-16-3-5-18(6-4-16)15-33-24-28-14-20(25)22(29-24)23(31)26-12-11-21(30)27-13-17-7-9-19(32-2)10-8-17/h3-10,14H,11-13,15H2,1-2H3,(H,26,31)(H,27,30). The van der Waals surface area contributed by atoms with Crippen LogP contribution in [0.5, 0.6) is 5.75 Å². The minimum absolute atomic E-state index is 0.0942. The number of ether oxygens (including phenoxy) is 1. The van der Waals surface area contributed by atoms with Crippen molar-refractivity contribution in [3.05, 3.63) is 82.1 Å². The van der Waals surface area contributed by atoms with Gasteiger partial charge >= 0.3 is 0 Å². The van der Waals surface area contributed by atoms with Crippen molar-refractivity contribution in [3.8, 4) is 5.75 Å². The Morgan fingerprint density at radius 1 is 1.03 bits per heavy atom. The molecule has 0 spiro atoms. The lowest BCUT2D eigenvalue weighted by Crippen LogP contribution is -2.31. The molecule has 33 heavy (non-hydrogen) atoms. The van der Waals surface area contributed by atoms with Crippen LogP contribution in [0, 0.1) is 6.92 Å². The summed E-state index contributed by atoms with van der Waals surface area (Å²) < 4.78 is 5.11. The third-order valence-corrected chi connectivity index (χ3v) is 5.92. The molecule has 1 aromatic heterocycles. The second-order valence-electron chi connectivity index (χ2n) is 7.25. The van der Waals surface area contributed by atoms with Crippen LogP contribution in [0.2, 0.25) is 5.02 Å². The highest BCUT2D eigenvalue weighted by molar-refractivity contribution is 7.98. The van der Waals surface area contributed by atoms with Gasteiger partial charge in [-0.2, -0.15) is 0 Å². The SMILES string of the molecule is COc1ccc(CNC(=O)CCNC(=O)c2nc(SCc3ccc(C)cc3)ncc2Cl)cc1. The van der Waals surface area contributed by atoms with E-state index < -0.39 is 5.91 Å². The molecule has 3 aromatic rings. The van der Waals surface area contributed by atoms with Gasteiger partial charge in [-0.15, -0.1) is 0 Å². The number of halogens is 1. The third kappa shape index (κ3) is 7.76. The zero-order chi connectivity index (χ0) is 23.6. The molecule has 0 atom stereocenters. The molecule has 0 bridgehead atoms. The van der Waals surface area contributed by atoms with Crippen LogP contribution < -0.4 is 15.4 Å². The highest BCUT2D eigenvalue weighted by atomic mass is 35.5. The van der Waals surface area contributed by atoms with Gasteiger partial charge in [0, 0.05) is 25.3 Å². The highest BCUT2D eigenvalue weighted by Crippen LogP contribution is 2.22. The number of nitrogens with zero attached hydrogens (tertiary/aromatic N) is 2. The van der Waals surface area contributed by atoms with Crippen molar-refractivity contribution in [2.75, 3.05) is 13.7 Å². The molecule has 172 valence electrons. The second-order valence-corrected chi connectivity index (χ2v) is 8.60. The number of hydrogen-bond donors (Lipinski definition) is 2. The van der Waals surface area contributed by atoms with Crippen molar-refractivity contribution < 1.29 is 14.3 Å². The van der Waals surface area contributed by atoms with E-state index in [0.717, 1.165) is 16.9 Å². The summed E-state index contributed by atoms with van der Waals surface area (Å²) >= 11 is 7.55. The van der Waals surface area contributed by atoms with Gasteiger partial charge in [-0.25, -0.2) is 9.97 Å². The van der Waals surface area contributed by atoms with Crippen LogP contribution >= 0.6 is 23.4 Å². The third-order valence-electron chi connectivity index (χ3n) is 4.71. The maximum Gasteiger partial charge on any atom is 0.271 e. The van der Waals surface area contributed by atoms with Gasteiger partial charge in [0.25, 0.3) is 5.91 Å². The predicted molar refractivity (Wildman–Crippen MR) is 130 cm³/mol. The molecule has 0 aliphatic carbocycles. The maximum absolute atomic E-state index is 12.5. The largest absolute Gasteiger partial charge is 0.497 e. The van der Waals surface area contributed by atoms with Crippen molar-refractivity contribution in [1.29, 1.82) is 0 Å². The number of carbonyl (C=O) groups is 2. The van der Waals surface area contributed by atoms with E-state index in [1.165, 1.54) is 23.5 Å². The fourth-order valence-electron chi connectivity index (χ4n) is 2.82. The first kappa shape index (κ1) is 24.5. The van der Waals surface area contributed by atoms with E-state index in [4.69, 9.17) is 16.3 Å². The molecule has 0 saturated carbocycles. The minimum Gasteiger partial charge on any atom is -0.497 e. The predicted octanol–water partition coefficient (Wildman–Crippen LogP) is 4.18. The molecule has 0 fully saturated rings. The molecule has 2 N–H and O–H groups in total. The Hall–Kier alpha value is -3.10. The molecule has 2 amide bonds. The van der Waals surface area contributed by atoms with E-state index in [9.17, 15) is 9.59 Å². The number of aromatic nitrogens is 2. The Kier molecular flexibility index (Phi) is 9.09. The quantitative estimate of drug-likeness (QED) is 0.331. The van der Waals surface area contributed by atoms with Crippen LogP contribution in [0.1, 0.15) is 33.6 Å². The smallest absolute Gasteiger partial charge is 0.271 e. The van der Waals surface area contributed by atoms with Crippen LogP contribution in [0.15, 0.2) is 59.9 Å². The first-order chi connectivity index (χ1) is 15.9. The molecular formula is C24H25ClN4O3S. The minimum atomic E-state index is -0.442. The van der Waals surface area contributed by atoms with Gasteiger partial charge in [0.15, 0.2) is 10.9 Å². The molecule has 2 aromatic carbocycles. The molecule has 1 heterocycles. The van der Waals surface area contributed by atoms with Gasteiger partial charge < -0.3 is 15.4 Å². The van der Waals surface area contributed by atoms with Crippen LogP contribution in [0.4, 0.5) is 0 Å². The number of thioether (sulfide) groups is 1. The number of benzene rings is 2. The molecule has 9 heteroatoms. The Morgan fingerprint density at radius 2 is 1.73 bits per heavy atom. The summed E-state index contributed by atoms with van der Waals surface area (Å²) in [4.78, 5) is 33.1. The maximum atomic E-state index is 12.5. The van der Waals surface area contributed by atoms with Gasteiger partial charge in [0.1, 0.15) is 5.75 Å².